The summed E-state index contributed by atoms with van der Waals surface area (Å²) in [7, 11) is 0. The van der Waals surface area contributed by atoms with Gasteiger partial charge in [-0.3, -0.25) is 0 Å². The zero-order valence-corrected chi connectivity index (χ0v) is 13.3. The van der Waals surface area contributed by atoms with E-state index in [-0.39, 0.29) is 0 Å². The Hall–Kier alpha value is -1.29. The smallest absolute Gasteiger partial charge is 0.0534 e. The lowest BCUT2D eigenvalue weighted by Gasteiger charge is -2.10. The van der Waals surface area contributed by atoms with Crippen LogP contribution < -0.4 is 0 Å². The van der Waals surface area contributed by atoms with Crippen molar-refractivity contribution in [3.63, 3.8) is 0 Å². The largest absolute Gasteiger partial charge is 0.313 e. The van der Waals surface area contributed by atoms with Gasteiger partial charge in [-0.15, -0.1) is 0 Å². The Bertz CT molecular complexity index is 723. The predicted molar refractivity (Wildman–Crippen MR) is 90.5 cm³/mol. The Labute approximate surface area is 127 Å². The first-order chi connectivity index (χ1) is 9.22. The van der Waals surface area contributed by atoms with Crippen LogP contribution in [0.5, 0.6) is 0 Å². The van der Waals surface area contributed by atoms with Crippen LogP contribution in [0, 0.1) is 13.8 Å². The van der Waals surface area contributed by atoms with Crippen molar-refractivity contribution in [2.45, 2.75) is 18.3 Å². The van der Waals surface area contributed by atoms with Gasteiger partial charge in [-0.05, 0) is 37.6 Å². The number of rotatable bonds is 2. The topological polar surface area (TPSA) is 4.93 Å². The van der Waals surface area contributed by atoms with Crippen molar-refractivity contribution in [3.8, 4) is 5.69 Å². The summed E-state index contributed by atoms with van der Waals surface area (Å²) in [4.78, 5) is 0. The van der Waals surface area contributed by atoms with E-state index >= 15 is 0 Å². The average molecular weight is 361 g/mol. The minimum atomic E-state index is 1.02. The van der Waals surface area contributed by atoms with Gasteiger partial charge in [0.2, 0.25) is 0 Å². The number of nitrogens with zero attached hydrogens (tertiary/aromatic N) is 1. The van der Waals surface area contributed by atoms with E-state index < -0.39 is 0 Å². The molecule has 2 aromatic carbocycles. The first-order valence-electron chi connectivity index (χ1n) is 6.44. The molecule has 1 heterocycles. The van der Waals surface area contributed by atoms with Gasteiger partial charge < -0.3 is 4.57 Å². The van der Waals surface area contributed by atoms with Gasteiger partial charge in [-0.25, -0.2) is 0 Å². The highest BCUT2D eigenvalue weighted by Gasteiger charge is 2.13. The summed E-state index contributed by atoms with van der Waals surface area (Å²) in [5.74, 6) is 0. The molecule has 0 unspecified atom stereocenters. The minimum Gasteiger partial charge on any atom is -0.313 e. The fourth-order valence-corrected chi connectivity index (χ4v) is 3.52. The van der Waals surface area contributed by atoms with E-state index in [0.29, 0.717) is 0 Å². The monoisotopic (exact) mass is 361 g/mol. The molecule has 96 valence electrons. The van der Waals surface area contributed by atoms with Gasteiger partial charge in [0.15, 0.2) is 0 Å². The van der Waals surface area contributed by atoms with Crippen molar-refractivity contribution in [2.75, 3.05) is 0 Å². The molecule has 1 aromatic heterocycles. The normalized spacial score (nSPS) is 11.1. The summed E-state index contributed by atoms with van der Waals surface area (Å²) in [5, 5.41) is 1.36. The molecular formula is C17H16IN. The predicted octanol–water partition coefficient (Wildman–Crippen LogP) is 5.18. The number of aromatic nitrogens is 1. The van der Waals surface area contributed by atoms with Crippen molar-refractivity contribution in [1.82, 2.24) is 4.57 Å². The molecule has 3 rings (SSSR count). The fourth-order valence-electron chi connectivity index (χ4n) is 2.60. The van der Waals surface area contributed by atoms with Crippen molar-refractivity contribution in [1.29, 1.82) is 0 Å². The van der Waals surface area contributed by atoms with Crippen LogP contribution in [0.25, 0.3) is 16.6 Å². The maximum Gasteiger partial charge on any atom is 0.0534 e. The quantitative estimate of drug-likeness (QED) is 0.438. The highest BCUT2D eigenvalue weighted by atomic mass is 127. The van der Waals surface area contributed by atoms with Crippen molar-refractivity contribution >= 4 is 33.5 Å². The van der Waals surface area contributed by atoms with Crippen LogP contribution in [0.15, 0.2) is 48.5 Å². The van der Waals surface area contributed by atoms with E-state index in [2.05, 4.69) is 89.5 Å². The molecule has 0 aliphatic heterocycles. The maximum absolute atomic E-state index is 2.45. The average Bonchev–Trinajstić information content (AvgIpc) is 2.73. The van der Waals surface area contributed by atoms with E-state index in [1.54, 1.807) is 0 Å². The van der Waals surface area contributed by atoms with Crippen LogP contribution in [0.2, 0.25) is 0 Å². The summed E-state index contributed by atoms with van der Waals surface area (Å²) in [6, 6.07) is 17.4. The Kier molecular flexibility index (Phi) is 3.35. The maximum atomic E-state index is 2.45. The lowest BCUT2D eigenvalue weighted by atomic mass is 10.2. The SMILES string of the molecule is Cc1ccc(-n2c(CI)c(C)c3ccccc32)cc1. The lowest BCUT2D eigenvalue weighted by molar-refractivity contribution is 1.03. The van der Waals surface area contributed by atoms with Crippen LogP contribution >= 0.6 is 22.6 Å². The minimum absolute atomic E-state index is 1.02. The second-order valence-corrected chi connectivity index (χ2v) is 5.66. The lowest BCUT2D eigenvalue weighted by Crippen LogP contribution is -1.98. The molecule has 0 fully saturated rings. The fraction of sp³-hybridized carbons (Fsp3) is 0.176. The molecular weight excluding hydrogens is 345 g/mol. The van der Waals surface area contributed by atoms with Gasteiger partial charge in [0.1, 0.15) is 0 Å². The van der Waals surface area contributed by atoms with E-state index in [0.717, 1.165) is 4.43 Å². The standard InChI is InChI=1S/C17H16IN/c1-12-7-9-14(10-8-12)19-16-6-4-3-5-15(16)13(2)17(19)11-18/h3-10H,11H2,1-2H3. The molecule has 3 aromatic rings. The summed E-state index contributed by atoms with van der Waals surface area (Å²) < 4.78 is 3.41. The molecule has 2 heteroatoms. The summed E-state index contributed by atoms with van der Waals surface area (Å²) in [6.07, 6.45) is 0. The number of hydrogen-bond donors (Lipinski definition) is 0. The molecule has 0 aliphatic carbocycles. The van der Waals surface area contributed by atoms with Gasteiger partial charge in [-0.1, -0.05) is 58.5 Å². The summed E-state index contributed by atoms with van der Waals surface area (Å²) in [5.41, 5.74) is 6.64. The molecule has 0 amide bonds. The van der Waals surface area contributed by atoms with Crippen LogP contribution in [0.3, 0.4) is 0 Å². The highest BCUT2D eigenvalue weighted by Crippen LogP contribution is 2.30. The van der Waals surface area contributed by atoms with Crippen molar-refractivity contribution < 1.29 is 0 Å². The highest BCUT2D eigenvalue weighted by molar-refractivity contribution is 14.1. The third kappa shape index (κ3) is 2.08. The number of para-hydroxylation sites is 1. The first kappa shape index (κ1) is 12.7. The van der Waals surface area contributed by atoms with Gasteiger partial charge in [-0.2, -0.15) is 0 Å². The van der Waals surface area contributed by atoms with E-state index in [4.69, 9.17) is 0 Å². The van der Waals surface area contributed by atoms with Crippen LogP contribution in [0.4, 0.5) is 0 Å². The molecule has 0 atom stereocenters. The second kappa shape index (κ2) is 5.00. The van der Waals surface area contributed by atoms with E-state index in [1.165, 1.54) is 33.4 Å². The Morgan fingerprint density at radius 3 is 2.32 bits per heavy atom. The molecule has 19 heavy (non-hydrogen) atoms. The van der Waals surface area contributed by atoms with Crippen LogP contribution in [-0.4, -0.2) is 4.57 Å². The van der Waals surface area contributed by atoms with E-state index in [9.17, 15) is 0 Å². The van der Waals surface area contributed by atoms with Crippen LogP contribution in [-0.2, 0) is 4.43 Å². The number of fused-ring (bicyclic) bond motifs is 1. The van der Waals surface area contributed by atoms with Crippen molar-refractivity contribution in [3.05, 3.63) is 65.4 Å². The second-order valence-electron chi connectivity index (χ2n) is 4.89. The van der Waals surface area contributed by atoms with Crippen molar-refractivity contribution in [2.24, 2.45) is 0 Å². The molecule has 0 saturated carbocycles. The van der Waals surface area contributed by atoms with Crippen LogP contribution in [0.1, 0.15) is 16.8 Å². The van der Waals surface area contributed by atoms with Gasteiger partial charge in [0, 0.05) is 21.2 Å². The molecule has 0 aliphatic rings. The number of alkyl halides is 1. The molecule has 1 nitrogen and oxygen atoms in total. The summed E-state index contributed by atoms with van der Waals surface area (Å²) in [6.45, 7) is 4.35. The van der Waals surface area contributed by atoms with Gasteiger partial charge in [0.25, 0.3) is 0 Å². The van der Waals surface area contributed by atoms with E-state index in [1.807, 2.05) is 0 Å². The number of hydrogen-bond acceptors (Lipinski definition) is 0. The first-order valence-corrected chi connectivity index (χ1v) is 7.97. The Morgan fingerprint density at radius 2 is 1.63 bits per heavy atom. The number of benzene rings is 2. The Morgan fingerprint density at radius 1 is 0.947 bits per heavy atom. The third-order valence-corrected chi connectivity index (χ3v) is 4.39. The number of aryl methyl sites for hydroxylation is 2. The van der Waals surface area contributed by atoms with Gasteiger partial charge in [0.05, 0.1) is 5.52 Å². The molecule has 0 N–H and O–H groups in total. The molecule has 0 radical (unpaired) electrons. The zero-order chi connectivity index (χ0) is 13.4. The zero-order valence-electron chi connectivity index (χ0n) is 11.2. The molecule has 0 bridgehead atoms. The molecule has 0 spiro atoms. The summed E-state index contributed by atoms with van der Waals surface area (Å²) >= 11 is 2.45. The Balaban J connectivity index is 2.36. The molecule has 0 saturated heterocycles. The number of halogens is 1. The third-order valence-electron chi connectivity index (χ3n) is 3.67. The van der Waals surface area contributed by atoms with Gasteiger partial charge >= 0.3 is 0 Å².